The Hall–Kier alpha value is -3.26. The number of nitrogens with zero attached hydrogens (tertiary/aromatic N) is 4. The van der Waals surface area contributed by atoms with Crippen molar-refractivity contribution in [2.45, 2.75) is 12.2 Å². The molecule has 6 bridgehead atoms. The summed E-state index contributed by atoms with van der Waals surface area (Å²) in [5, 5.41) is 13.4. The van der Waals surface area contributed by atoms with Crippen molar-refractivity contribution in [3.05, 3.63) is 105 Å². The van der Waals surface area contributed by atoms with E-state index in [-0.39, 0.29) is 5.28 Å². The van der Waals surface area contributed by atoms with Crippen LogP contribution in [-0.2, 0) is 19.3 Å². The van der Waals surface area contributed by atoms with Crippen LogP contribution in [0.5, 0.6) is 5.75 Å². The maximum absolute atomic E-state index is 12.4. The number of hydrogen-bond acceptors (Lipinski definition) is 5. The van der Waals surface area contributed by atoms with E-state index in [9.17, 15) is 5.11 Å². The van der Waals surface area contributed by atoms with Gasteiger partial charge in [0.1, 0.15) is 12.4 Å². The molecular formula is C26H18BrClN4O2. The third-order valence-electron chi connectivity index (χ3n) is 6.24. The summed E-state index contributed by atoms with van der Waals surface area (Å²) in [5.74, 6) is 0.704. The molecule has 0 aliphatic carbocycles. The van der Waals surface area contributed by atoms with Crippen LogP contribution in [0.3, 0.4) is 0 Å². The number of ether oxygens (including phenoxy) is 1. The summed E-state index contributed by atoms with van der Waals surface area (Å²) in [6, 6.07) is 19.2. The Labute approximate surface area is 209 Å². The third kappa shape index (κ3) is 3.31. The second kappa shape index (κ2) is 7.91. The van der Waals surface area contributed by atoms with Gasteiger partial charge >= 0.3 is 0 Å². The number of fused-ring (bicyclic) bond motifs is 6. The molecular weight excluding hydrogens is 516 g/mol. The summed E-state index contributed by atoms with van der Waals surface area (Å²) >= 11 is 9.92. The lowest BCUT2D eigenvalue weighted by atomic mass is 9.82. The van der Waals surface area contributed by atoms with Crippen LogP contribution in [0.15, 0.2) is 77.7 Å². The second-order valence-corrected chi connectivity index (χ2v) is 9.49. The Bertz CT molecular complexity index is 1580. The number of aromatic nitrogens is 4. The molecule has 0 radical (unpaired) electrons. The summed E-state index contributed by atoms with van der Waals surface area (Å²) in [6.07, 6.45) is 3.36. The van der Waals surface area contributed by atoms with Crippen LogP contribution in [-0.4, -0.2) is 24.6 Å². The summed E-state index contributed by atoms with van der Waals surface area (Å²) in [6.45, 7) is 0.316. The van der Waals surface area contributed by atoms with Crippen molar-refractivity contribution < 1.29 is 9.84 Å². The first-order chi connectivity index (χ1) is 16.4. The van der Waals surface area contributed by atoms with E-state index in [0.717, 1.165) is 21.0 Å². The van der Waals surface area contributed by atoms with Crippen molar-refractivity contribution in [1.82, 2.24) is 19.5 Å². The van der Waals surface area contributed by atoms with Gasteiger partial charge in [-0.15, -0.1) is 0 Å². The lowest BCUT2D eigenvalue weighted by molar-refractivity contribution is 0.117. The molecule has 168 valence electrons. The Balaban J connectivity index is 1.74. The highest BCUT2D eigenvalue weighted by molar-refractivity contribution is 9.10. The monoisotopic (exact) mass is 532 g/mol. The zero-order chi connectivity index (χ0) is 23.4. The average Bonchev–Trinajstić information content (AvgIpc) is 3.28. The van der Waals surface area contributed by atoms with Gasteiger partial charge in [-0.2, -0.15) is 0 Å². The molecule has 6 nitrogen and oxygen atoms in total. The number of rotatable bonds is 1. The van der Waals surface area contributed by atoms with Crippen LogP contribution in [0.1, 0.15) is 22.4 Å². The van der Waals surface area contributed by atoms with Crippen molar-refractivity contribution >= 4 is 38.4 Å². The standard InChI is InChI=1S/C26H18BrClN4O2/c1-32-14-29-12-23(32)26(33)17-5-7-21(27)16(9-17)13-34-19-4-2-3-15(10-19)24-20-11-18(26)6-8-22(20)30-25(28)31-24/h2-12,14,33H,13H2,1H3. The molecule has 1 aliphatic rings. The number of hydrogen-bond donors (Lipinski definition) is 1. The molecule has 8 heteroatoms. The van der Waals surface area contributed by atoms with E-state index < -0.39 is 5.60 Å². The highest BCUT2D eigenvalue weighted by atomic mass is 79.9. The number of halogens is 2. The molecule has 0 spiro atoms. The van der Waals surface area contributed by atoms with Crippen LogP contribution in [0, 0.1) is 0 Å². The van der Waals surface area contributed by atoms with E-state index in [1.165, 1.54) is 0 Å². The molecule has 0 saturated heterocycles. The van der Waals surface area contributed by atoms with Gasteiger partial charge in [0.2, 0.25) is 5.28 Å². The van der Waals surface area contributed by atoms with Gasteiger partial charge < -0.3 is 14.4 Å². The van der Waals surface area contributed by atoms with Crippen LogP contribution < -0.4 is 4.74 Å². The Kier molecular flexibility index (Phi) is 4.95. The topological polar surface area (TPSA) is 73.1 Å². The molecule has 3 aromatic carbocycles. The van der Waals surface area contributed by atoms with Gasteiger partial charge in [0.25, 0.3) is 0 Å². The molecule has 6 rings (SSSR count). The molecule has 5 aromatic rings. The van der Waals surface area contributed by atoms with Crippen LogP contribution in [0.4, 0.5) is 0 Å². The number of benzene rings is 3. The summed E-state index contributed by atoms with van der Waals surface area (Å²) in [5.41, 5.74) is 3.61. The van der Waals surface area contributed by atoms with E-state index in [0.29, 0.717) is 40.4 Å². The zero-order valence-corrected chi connectivity index (χ0v) is 20.4. The van der Waals surface area contributed by atoms with E-state index in [1.54, 1.807) is 12.5 Å². The third-order valence-corrected chi connectivity index (χ3v) is 7.18. The van der Waals surface area contributed by atoms with Gasteiger partial charge in [-0.1, -0.05) is 40.2 Å². The van der Waals surface area contributed by atoms with E-state index in [4.69, 9.17) is 16.3 Å². The van der Waals surface area contributed by atoms with Gasteiger partial charge in [-0.25, -0.2) is 15.0 Å². The minimum atomic E-state index is -1.49. The van der Waals surface area contributed by atoms with E-state index in [1.807, 2.05) is 72.3 Å². The van der Waals surface area contributed by atoms with Crippen molar-refractivity contribution in [3.8, 4) is 17.0 Å². The van der Waals surface area contributed by atoms with Gasteiger partial charge in [0.05, 0.1) is 29.4 Å². The van der Waals surface area contributed by atoms with E-state index in [2.05, 4.69) is 30.9 Å². The van der Waals surface area contributed by atoms with Gasteiger partial charge in [-0.3, -0.25) is 0 Å². The SMILES string of the molecule is Cn1cncc1C1(O)c2ccc(Br)c(c2)COc2cccc(c2)-c2nc(Cl)nc3ccc1cc23. The minimum absolute atomic E-state index is 0.156. The summed E-state index contributed by atoms with van der Waals surface area (Å²) in [4.78, 5) is 13.2. The van der Waals surface area contributed by atoms with E-state index >= 15 is 0 Å². The maximum Gasteiger partial charge on any atom is 0.223 e. The first-order valence-electron chi connectivity index (χ1n) is 10.6. The molecule has 2 aromatic heterocycles. The Morgan fingerprint density at radius 3 is 2.71 bits per heavy atom. The lowest BCUT2D eigenvalue weighted by Gasteiger charge is -2.30. The first-order valence-corrected chi connectivity index (χ1v) is 11.8. The molecule has 1 unspecified atom stereocenters. The first kappa shape index (κ1) is 21.3. The second-order valence-electron chi connectivity index (χ2n) is 8.30. The molecule has 1 atom stereocenters. The molecule has 3 heterocycles. The predicted octanol–water partition coefficient (Wildman–Crippen LogP) is 5.62. The van der Waals surface area contributed by atoms with Crippen LogP contribution in [0.25, 0.3) is 22.2 Å². The maximum atomic E-state index is 12.4. The van der Waals surface area contributed by atoms with Crippen LogP contribution >= 0.6 is 27.5 Å². The fraction of sp³-hybridized carbons (Fsp3) is 0.115. The highest BCUT2D eigenvalue weighted by Crippen LogP contribution is 2.41. The minimum Gasteiger partial charge on any atom is -0.489 e. The quantitative estimate of drug-likeness (QED) is 0.283. The number of aliphatic hydroxyl groups is 1. The van der Waals surface area contributed by atoms with Gasteiger partial charge in [0.15, 0.2) is 5.60 Å². The fourth-order valence-electron chi connectivity index (χ4n) is 4.52. The largest absolute Gasteiger partial charge is 0.489 e. The Morgan fingerprint density at radius 1 is 1.06 bits per heavy atom. The van der Waals surface area contributed by atoms with Crippen LogP contribution in [0.2, 0.25) is 5.28 Å². The van der Waals surface area contributed by atoms with Gasteiger partial charge in [-0.05, 0) is 59.1 Å². The molecule has 1 aliphatic heterocycles. The zero-order valence-electron chi connectivity index (χ0n) is 18.0. The molecule has 0 amide bonds. The molecule has 1 N–H and O–H groups in total. The lowest BCUT2D eigenvalue weighted by Crippen LogP contribution is -2.31. The average molecular weight is 534 g/mol. The molecule has 0 fully saturated rings. The van der Waals surface area contributed by atoms with Crippen molar-refractivity contribution in [2.75, 3.05) is 0 Å². The smallest absolute Gasteiger partial charge is 0.223 e. The number of imidazole rings is 1. The van der Waals surface area contributed by atoms with Crippen molar-refractivity contribution in [2.24, 2.45) is 7.05 Å². The summed E-state index contributed by atoms with van der Waals surface area (Å²) < 4.78 is 8.86. The van der Waals surface area contributed by atoms with Crippen molar-refractivity contribution in [3.63, 3.8) is 0 Å². The normalized spacial score (nSPS) is 17.1. The summed E-state index contributed by atoms with van der Waals surface area (Å²) in [7, 11) is 1.87. The molecule has 34 heavy (non-hydrogen) atoms. The molecule has 0 saturated carbocycles. The van der Waals surface area contributed by atoms with Crippen molar-refractivity contribution in [1.29, 1.82) is 0 Å². The predicted molar refractivity (Wildman–Crippen MR) is 134 cm³/mol. The highest BCUT2D eigenvalue weighted by Gasteiger charge is 2.37. The fourth-order valence-corrected chi connectivity index (χ4v) is 5.05. The number of aryl methyl sites for hydroxylation is 1. The Morgan fingerprint density at radius 2 is 1.88 bits per heavy atom. The van der Waals surface area contributed by atoms with Gasteiger partial charge in [0, 0.05) is 28.0 Å².